The minimum atomic E-state index is -4.21. The number of fused-ring (bicyclic) bond motifs is 3. The predicted molar refractivity (Wildman–Crippen MR) is 112 cm³/mol. The summed E-state index contributed by atoms with van der Waals surface area (Å²) in [6, 6.07) is 3.66. The van der Waals surface area contributed by atoms with Crippen LogP contribution in [0.15, 0.2) is 36.9 Å². The number of pyridine rings is 2. The molecule has 0 bridgehead atoms. The predicted octanol–water partition coefficient (Wildman–Crippen LogP) is 3.34. The molecule has 2 aliphatic heterocycles. The number of carbonyl (C=O) groups excluding carboxylic acids is 1. The molecule has 0 aromatic carbocycles. The molecule has 3 aromatic rings. The highest BCUT2D eigenvalue weighted by Crippen LogP contribution is 2.47. The zero-order valence-corrected chi connectivity index (χ0v) is 17.4. The van der Waals surface area contributed by atoms with E-state index >= 15 is 0 Å². The minimum Gasteiger partial charge on any atom is -0.326 e. The Hall–Kier alpha value is -3.01. The van der Waals surface area contributed by atoms with E-state index in [0.29, 0.717) is 29.7 Å². The van der Waals surface area contributed by atoms with Crippen molar-refractivity contribution in [3.8, 4) is 0 Å². The largest absolute Gasteiger partial charge is 0.389 e. The highest BCUT2D eigenvalue weighted by Gasteiger charge is 2.51. The highest BCUT2D eigenvalue weighted by atomic mass is 19.4. The van der Waals surface area contributed by atoms with Crippen LogP contribution in [0.5, 0.6) is 0 Å². The molecule has 7 nitrogen and oxygen atoms in total. The van der Waals surface area contributed by atoms with Crippen LogP contribution < -0.4 is 10.2 Å². The Labute approximate surface area is 182 Å². The number of piperidine rings is 1. The Morgan fingerprint density at radius 3 is 2.62 bits per heavy atom. The minimum absolute atomic E-state index is 0.00835. The first-order valence-corrected chi connectivity index (χ1v) is 10.7. The molecular formula is C22H23F3N6O. The standard InChI is InChI=1S/C22H23F3N6O/c23-22(24,25)4-1-11-30-17-3-8-27-12-16(17)29-19(30)14-31-18-13-28-7-2-15(18)21(20(31)32)5-9-26-10-6-21/h2-3,7-8,12-13,26H,1,4-6,9-11,14H2. The Morgan fingerprint density at radius 2 is 1.84 bits per heavy atom. The average molecular weight is 444 g/mol. The van der Waals surface area contributed by atoms with E-state index in [2.05, 4.69) is 20.3 Å². The molecule has 3 aromatic heterocycles. The van der Waals surface area contributed by atoms with Crippen molar-refractivity contribution in [2.45, 2.75) is 50.4 Å². The van der Waals surface area contributed by atoms with E-state index in [-0.39, 0.29) is 25.4 Å². The lowest BCUT2D eigenvalue weighted by molar-refractivity contribution is -0.135. The second-order valence-corrected chi connectivity index (χ2v) is 8.38. The summed E-state index contributed by atoms with van der Waals surface area (Å²) in [5.74, 6) is 0.554. The maximum Gasteiger partial charge on any atom is 0.389 e. The Kier molecular flexibility index (Phi) is 5.11. The van der Waals surface area contributed by atoms with Crippen molar-refractivity contribution in [2.24, 2.45) is 0 Å². The fourth-order valence-electron chi connectivity index (χ4n) is 4.96. The summed E-state index contributed by atoms with van der Waals surface area (Å²) in [5, 5.41) is 3.31. The van der Waals surface area contributed by atoms with Crippen LogP contribution in [0.3, 0.4) is 0 Å². The van der Waals surface area contributed by atoms with Crippen LogP contribution in [0.1, 0.15) is 37.1 Å². The summed E-state index contributed by atoms with van der Waals surface area (Å²) in [4.78, 5) is 28.3. The third-order valence-electron chi connectivity index (χ3n) is 6.49. The number of hydrogen-bond donors (Lipinski definition) is 1. The third-order valence-corrected chi connectivity index (χ3v) is 6.49. The topological polar surface area (TPSA) is 75.9 Å². The molecule has 0 radical (unpaired) electrons. The first-order chi connectivity index (χ1) is 15.4. The first kappa shape index (κ1) is 20.9. The number of amides is 1. The third kappa shape index (κ3) is 3.52. The molecule has 2 aliphatic rings. The Morgan fingerprint density at radius 1 is 1.09 bits per heavy atom. The summed E-state index contributed by atoms with van der Waals surface area (Å²) in [5.41, 5.74) is 2.46. The smallest absolute Gasteiger partial charge is 0.326 e. The molecule has 5 rings (SSSR count). The molecule has 1 spiro atoms. The van der Waals surface area contributed by atoms with Gasteiger partial charge in [0.25, 0.3) is 0 Å². The molecular weight excluding hydrogens is 421 g/mol. The highest BCUT2D eigenvalue weighted by molar-refractivity contribution is 6.08. The number of nitrogens with zero attached hydrogens (tertiary/aromatic N) is 5. The number of hydrogen-bond acceptors (Lipinski definition) is 5. The molecule has 0 unspecified atom stereocenters. The number of anilines is 1. The SMILES string of the molecule is O=C1N(Cc2nc3cnccc3n2CCCC(F)(F)F)c2cnccc2C12CCNCC2. The van der Waals surface area contributed by atoms with Gasteiger partial charge >= 0.3 is 6.18 Å². The van der Waals surface area contributed by atoms with Gasteiger partial charge in [0.1, 0.15) is 11.3 Å². The molecule has 0 saturated carbocycles. The van der Waals surface area contributed by atoms with Gasteiger partial charge in [-0.3, -0.25) is 14.8 Å². The van der Waals surface area contributed by atoms with E-state index in [4.69, 9.17) is 0 Å². The fraction of sp³-hybridized carbons (Fsp3) is 0.455. The van der Waals surface area contributed by atoms with Gasteiger partial charge in [-0.1, -0.05) is 0 Å². The maximum atomic E-state index is 13.7. The lowest BCUT2D eigenvalue weighted by Crippen LogP contribution is -2.47. The molecule has 5 heterocycles. The van der Waals surface area contributed by atoms with Gasteiger partial charge in [-0.25, -0.2) is 4.98 Å². The summed E-state index contributed by atoms with van der Waals surface area (Å²) < 4.78 is 40.0. The van der Waals surface area contributed by atoms with Gasteiger partial charge in [0, 0.05) is 25.4 Å². The van der Waals surface area contributed by atoms with Crippen molar-refractivity contribution in [1.29, 1.82) is 0 Å². The van der Waals surface area contributed by atoms with Gasteiger partial charge in [-0.2, -0.15) is 13.2 Å². The van der Waals surface area contributed by atoms with Crippen LogP contribution in [-0.2, 0) is 23.3 Å². The fourth-order valence-corrected chi connectivity index (χ4v) is 4.96. The molecule has 0 aliphatic carbocycles. The molecule has 32 heavy (non-hydrogen) atoms. The van der Waals surface area contributed by atoms with Gasteiger partial charge in [0.15, 0.2) is 0 Å². The van der Waals surface area contributed by atoms with Crippen molar-refractivity contribution in [3.05, 3.63) is 48.3 Å². The molecule has 0 atom stereocenters. The number of nitrogens with one attached hydrogen (secondary N) is 1. The van der Waals surface area contributed by atoms with E-state index in [1.807, 2.05) is 6.07 Å². The summed E-state index contributed by atoms with van der Waals surface area (Å²) in [6.45, 7) is 1.84. The van der Waals surface area contributed by atoms with E-state index in [1.54, 1.807) is 40.3 Å². The Balaban J connectivity index is 1.50. The first-order valence-electron chi connectivity index (χ1n) is 10.7. The van der Waals surface area contributed by atoms with Crippen molar-refractivity contribution in [3.63, 3.8) is 0 Å². The molecule has 10 heteroatoms. The van der Waals surface area contributed by atoms with Crippen LogP contribution in [-0.4, -0.2) is 44.7 Å². The zero-order valence-electron chi connectivity index (χ0n) is 17.4. The van der Waals surface area contributed by atoms with Crippen LogP contribution >= 0.6 is 0 Å². The van der Waals surface area contributed by atoms with Crippen molar-refractivity contribution in [1.82, 2.24) is 24.8 Å². The number of rotatable bonds is 5. The van der Waals surface area contributed by atoms with Crippen molar-refractivity contribution < 1.29 is 18.0 Å². The van der Waals surface area contributed by atoms with E-state index in [0.717, 1.165) is 24.3 Å². The van der Waals surface area contributed by atoms with Gasteiger partial charge in [-0.15, -0.1) is 0 Å². The molecule has 1 saturated heterocycles. The Bertz CT molecular complexity index is 1150. The number of carbonyl (C=O) groups is 1. The number of aromatic nitrogens is 4. The molecule has 1 fully saturated rings. The van der Waals surface area contributed by atoms with E-state index < -0.39 is 18.0 Å². The number of aryl methyl sites for hydroxylation is 1. The molecule has 168 valence electrons. The lowest BCUT2D eigenvalue weighted by atomic mass is 9.74. The van der Waals surface area contributed by atoms with Crippen molar-refractivity contribution in [2.75, 3.05) is 18.0 Å². The second kappa shape index (κ2) is 7.84. The number of halogens is 3. The quantitative estimate of drug-likeness (QED) is 0.653. The van der Waals surface area contributed by atoms with Gasteiger partial charge in [0.05, 0.1) is 35.6 Å². The van der Waals surface area contributed by atoms with Crippen LogP contribution in [0.2, 0.25) is 0 Å². The monoisotopic (exact) mass is 444 g/mol. The average Bonchev–Trinajstić information content (AvgIpc) is 3.23. The zero-order chi connectivity index (χ0) is 22.3. The molecule has 1 N–H and O–H groups in total. The van der Waals surface area contributed by atoms with Crippen LogP contribution in [0, 0.1) is 0 Å². The maximum absolute atomic E-state index is 13.7. The van der Waals surface area contributed by atoms with Gasteiger partial charge < -0.3 is 14.8 Å². The van der Waals surface area contributed by atoms with Crippen molar-refractivity contribution >= 4 is 22.6 Å². The van der Waals surface area contributed by atoms with E-state index in [1.165, 1.54) is 0 Å². The summed E-state index contributed by atoms with van der Waals surface area (Å²) in [6.07, 6.45) is 2.84. The van der Waals surface area contributed by atoms with Crippen LogP contribution in [0.4, 0.5) is 18.9 Å². The number of alkyl halides is 3. The van der Waals surface area contributed by atoms with Gasteiger partial charge in [0.2, 0.25) is 5.91 Å². The summed E-state index contributed by atoms with van der Waals surface area (Å²) >= 11 is 0. The molecule has 1 amide bonds. The van der Waals surface area contributed by atoms with Crippen LogP contribution in [0.25, 0.3) is 11.0 Å². The lowest BCUT2D eigenvalue weighted by Gasteiger charge is -2.33. The normalized spacial score (nSPS) is 18.0. The number of imidazole rings is 1. The van der Waals surface area contributed by atoms with Gasteiger partial charge in [-0.05, 0) is 50.0 Å². The summed E-state index contributed by atoms with van der Waals surface area (Å²) in [7, 11) is 0. The second-order valence-electron chi connectivity index (χ2n) is 8.38. The van der Waals surface area contributed by atoms with E-state index in [9.17, 15) is 18.0 Å².